The fraction of sp³-hybridized carbons (Fsp3) is 1.00. The Hall–Kier alpha value is -1.57. The maximum absolute atomic E-state index is 14.2. The van der Waals surface area contributed by atoms with E-state index < -0.39 is 93.7 Å². The zero-order valence-electron chi connectivity index (χ0n) is 19.2. The number of halogens is 20. The Morgan fingerprint density at radius 1 is 0.634 bits per heavy atom. The SMILES string of the molecule is CC(C(F)(F)C(F)(F)C(F)(F)C(F)(F)C(F)(F)C(F)(F)C(F)(F)C(F)(F)F)[N+]1(C)CCOC1.O=S(=O)([O-])C(F)(F)F. The zero-order chi connectivity index (χ0) is 33.9. The second-order valence-electron chi connectivity index (χ2n) is 8.38. The highest BCUT2D eigenvalue weighted by atomic mass is 32.2. The fourth-order valence-corrected chi connectivity index (χ4v) is 2.75. The predicted octanol–water partition coefficient (Wildman–Crippen LogP) is 5.87. The standard InChI is InChI=1S/C14H13F17NO.CHF3O3S/c1-6(32(2)3-4-33-5-32)7(15,16)8(17,18)9(19,20)10(21,22)11(23,24)12(25,26)13(27,28)14(29,30)31;2-1(3,4)8(5,6)7/h6H,3-5H2,1-2H3;(H,5,6,7)/q+1;/p-1. The second-order valence-corrected chi connectivity index (χ2v) is 9.75. The van der Waals surface area contributed by atoms with Crippen LogP contribution in [0.1, 0.15) is 6.92 Å². The van der Waals surface area contributed by atoms with Crippen LogP contribution in [0.3, 0.4) is 0 Å². The molecule has 0 aromatic carbocycles. The number of likely N-dealkylation sites (N-methyl/N-ethyl adjacent to an activating group) is 1. The normalized spacial score (nSPS) is 21.8. The van der Waals surface area contributed by atoms with Crippen molar-refractivity contribution >= 4 is 10.1 Å². The Kier molecular flexibility index (Phi) is 10.1. The third-order valence-corrected chi connectivity index (χ3v) is 6.19. The summed E-state index contributed by atoms with van der Waals surface area (Å²) >= 11 is 0. The van der Waals surface area contributed by atoms with Crippen molar-refractivity contribution in [3.05, 3.63) is 0 Å². The van der Waals surface area contributed by atoms with Gasteiger partial charge in [0, 0.05) is 0 Å². The van der Waals surface area contributed by atoms with Gasteiger partial charge in [-0.25, -0.2) is 8.42 Å². The van der Waals surface area contributed by atoms with Gasteiger partial charge in [0.1, 0.15) is 13.2 Å². The second kappa shape index (κ2) is 10.6. The van der Waals surface area contributed by atoms with E-state index in [1.807, 2.05) is 0 Å². The zero-order valence-corrected chi connectivity index (χ0v) is 20.1. The molecular formula is C15H13F20NO4S. The molecule has 0 spiro atoms. The summed E-state index contributed by atoms with van der Waals surface area (Å²) in [6, 6.07) is -3.15. The minimum atomic E-state index is -8.61. The highest BCUT2D eigenvalue weighted by molar-refractivity contribution is 7.86. The maximum atomic E-state index is 14.2. The smallest absolute Gasteiger partial charge is 0.485 e. The molecule has 1 rings (SSSR count). The highest BCUT2D eigenvalue weighted by Gasteiger charge is 2.95. The molecule has 0 bridgehead atoms. The van der Waals surface area contributed by atoms with Gasteiger partial charge < -0.3 is 9.29 Å². The molecule has 2 atom stereocenters. The topological polar surface area (TPSA) is 66.4 Å². The Morgan fingerprint density at radius 2 is 0.927 bits per heavy atom. The average molecular weight is 683 g/mol. The van der Waals surface area contributed by atoms with Crippen LogP contribution in [0, 0.1) is 0 Å². The lowest BCUT2D eigenvalue weighted by Gasteiger charge is -2.45. The van der Waals surface area contributed by atoms with Gasteiger partial charge in [0.05, 0.1) is 7.05 Å². The summed E-state index contributed by atoms with van der Waals surface area (Å²) < 4.78 is 288. The summed E-state index contributed by atoms with van der Waals surface area (Å²) in [5.41, 5.74) is -5.65. The van der Waals surface area contributed by atoms with Crippen LogP contribution in [0.5, 0.6) is 0 Å². The van der Waals surface area contributed by atoms with E-state index in [1.54, 1.807) is 0 Å². The molecule has 26 heteroatoms. The minimum Gasteiger partial charge on any atom is -0.741 e. The van der Waals surface area contributed by atoms with Crippen molar-refractivity contribution in [2.75, 3.05) is 26.9 Å². The van der Waals surface area contributed by atoms with Crippen LogP contribution < -0.4 is 0 Å². The van der Waals surface area contributed by atoms with E-state index >= 15 is 0 Å². The molecule has 41 heavy (non-hydrogen) atoms. The molecule has 0 amide bonds. The summed E-state index contributed by atoms with van der Waals surface area (Å²) in [6.07, 6.45) is -7.76. The molecule has 0 aliphatic carbocycles. The van der Waals surface area contributed by atoms with Gasteiger partial charge in [-0.2, -0.15) is 87.8 Å². The van der Waals surface area contributed by atoms with Crippen LogP contribution >= 0.6 is 0 Å². The van der Waals surface area contributed by atoms with E-state index in [-0.39, 0.29) is 6.92 Å². The summed E-state index contributed by atoms with van der Waals surface area (Å²) in [5.74, 6) is -56.2. The summed E-state index contributed by atoms with van der Waals surface area (Å²) in [7, 11) is -5.43. The first-order valence-electron chi connectivity index (χ1n) is 9.52. The molecule has 1 fully saturated rings. The average Bonchev–Trinajstić information content (AvgIpc) is 3.18. The first-order chi connectivity index (χ1) is 17.4. The third kappa shape index (κ3) is 6.10. The molecule has 0 aromatic rings. The molecule has 0 aromatic heterocycles. The maximum Gasteiger partial charge on any atom is 0.485 e. The first-order valence-corrected chi connectivity index (χ1v) is 10.9. The minimum absolute atomic E-state index is 0.0569. The van der Waals surface area contributed by atoms with Crippen molar-refractivity contribution in [2.45, 2.75) is 66.1 Å². The van der Waals surface area contributed by atoms with E-state index in [0.29, 0.717) is 7.05 Å². The number of hydrogen-bond donors (Lipinski definition) is 0. The predicted molar refractivity (Wildman–Crippen MR) is 87.8 cm³/mol. The van der Waals surface area contributed by atoms with E-state index in [2.05, 4.69) is 4.74 Å². The van der Waals surface area contributed by atoms with Crippen molar-refractivity contribution in [3.8, 4) is 0 Å². The first kappa shape index (κ1) is 39.4. The largest absolute Gasteiger partial charge is 0.741 e. The molecule has 0 N–H and O–H groups in total. The van der Waals surface area contributed by atoms with Gasteiger partial charge in [0.15, 0.2) is 22.9 Å². The van der Waals surface area contributed by atoms with Gasteiger partial charge in [-0.3, -0.25) is 4.48 Å². The van der Waals surface area contributed by atoms with E-state index in [1.165, 1.54) is 0 Å². The Bertz CT molecular complexity index is 1030. The third-order valence-electron chi connectivity index (χ3n) is 5.62. The van der Waals surface area contributed by atoms with Crippen molar-refractivity contribution in [2.24, 2.45) is 0 Å². The summed E-state index contributed by atoms with van der Waals surface area (Å²) in [6.45, 7) is -1.91. The molecule has 1 aliphatic rings. The monoisotopic (exact) mass is 683 g/mol. The summed E-state index contributed by atoms with van der Waals surface area (Å²) in [4.78, 5) is 0. The molecule has 1 saturated heterocycles. The molecule has 5 nitrogen and oxygen atoms in total. The molecule has 2 unspecified atom stereocenters. The lowest BCUT2D eigenvalue weighted by Crippen LogP contribution is -2.76. The molecule has 248 valence electrons. The Balaban J connectivity index is 0.00000173. The van der Waals surface area contributed by atoms with Gasteiger partial charge >= 0.3 is 53.1 Å². The highest BCUT2D eigenvalue weighted by Crippen LogP contribution is 2.64. The van der Waals surface area contributed by atoms with Crippen molar-refractivity contribution in [1.29, 1.82) is 0 Å². The number of quaternary nitrogens is 1. The number of ether oxygens (including phenoxy) is 1. The molecular weight excluding hydrogens is 670 g/mol. The van der Waals surface area contributed by atoms with Gasteiger partial charge in [0.25, 0.3) is 0 Å². The molecule has 1 aliphatic heterocycles. The van der Waals surface area contributed by atoms with Gasteiger partial charge in [-0.05, 0) is 6.92 Å². The van der Waals surface area contributed by atoms with Crippen LogP contribution in [0.2, 0.25) is 0 Å². The van der Waals surface area contributed by atoms with Gasteiger partial charge in [-0.15, -0.1) is 0 Å². The number of nitrogens with zero attached hydrogens (tertiary/aromatic N) is 1. The van der Waals surface area contributed by atoms with E-state index in [9.17, 15) is 87.8 Å². The Morgan fingerprint density at radius 3 is 1.17 bits per heavy atom. The van der Waals surface area contributed by atoms with Gasteiger partial charge in [-0.1, -0.05) is 0 Å². The van der Waals surface area contributed by atoms with Crippen molar-refractivity contribution in [3.63, 3.8) is 0 Å². The number of hydrogen-bond acceptors (Lipinski definition) is 4. The van der Waals surface area contributed by atoms with Crippen LogP contribution in [0.15, 0.2) is 0 Å². The van der Waals surface area contributed by atoms with E-state index in [0.717, 1.165) is 0 Å². The fourth-order valence-electron chi connectivity index (χ4n) is 2.75. The summed E-state index contributed by atoms with van der Waals surface area (Å²) in [5, 5.41) is 0. The molecule has 0 saturated carbocycles. The Labute approximate surface area is 214 Å². The lowest BCUT2D eigenvalue weighted by atomic mass is 9.87. The van der Waals surface area contributed by atoms with Crippen molar-refractivity contribution in [1.82, 2.24) is 0 Å². The van der Waals surface area contributed by atoms with Crippen LogP contribution in [0.4, 0.5) is 87.8 Å². The number of rotatable bonds is 8. The molecule has 0 radical (unpaired) electrons. The van der Waals surface area contributed by atoms with E-state index in [4.69, 9.17) is 13.0 Å². The van der Waals surface area contributed by atoms with Crippen LogP contribution in [-0.2, 0) is 14.9 Å². The quantitative estimate of drug-likeness (QED) is 0.139. The van der Waals surface area contributed by atoms with Crippen LogP contribution in [-0.4, -0.2) is 104 Å². The van der Waals surface area contributed by atoms with Gasteiger partial charge in [0.2, 0.25) is 0 Å². The van der Waals surface area contributed by atoms with Crippen molar-refractivity contribution < 1.29 is 110 Å². The van der Waals surface area contributed by atoms with Crippen LogP contribution in [0.25, 0.3) is 0 Å². The number of alkyl halides is 20. The molecule has 1 heterocycles. The lowest BCUT2D eigenvalue weighted by molar-refractivity contribution is -0.938.